The third-order valence-corrected chi connectivity index (χ3v) is 4.22. The first-order chi connectivity index (χ1) is 9.61. The number of anilines is 1. The van der Waals surface area contributed by atoms with Crippen LogP contribution in [0.3, 0.4) is 0 Å². The molecule has 2 atom stereocenters. The standard InChI is InChI=1S/C16H25N3O/c1-3-19-9-5-8-15(19)11-18-16(20)12(2)13-6-4-7-14(17)10-13/h4,6-7,10,12,15H,3,5,8-9,11,17H2,1-2H3,(H,18,20). The minimum absolute atomic E-state index is 0.0820. The van der Waals surface area contributed by atoms with Crippen LogP contribution < -0.4 is 11.1 Å². The van der Waals surface area contributed by atoms with Crippen LogP contribution >= 0.6 is 0 Å². The molecule has 1 heterocycles. The van der Waals surface area contributed by atoms with E-state index in [1.165, 1.54) is 12.8 Å². The van der Waals surface area contributed by atoms with Crippen molar-refractivity contribution in [3.8, 4) is 0 Å². The lowest BCUT2D eigenvalue weighted by molar-refractivity contribution is -0.122. The number of hydrogen-bond acceptors (Lipinski definition) is 3. The van der Waals surface area contributed by atoms with Crippen LogP contribution in [0.15, 0.2) is 24.3 Å². The van der Waals surface area contributed by atoms with Gasteiger partial charge in [-0.05, 0) is 50.6 Å². The fourth-order valence-corrected chi connectivity index (χ4v) is 2.89. The Morgan fingerprint density at radius 3 is 3.05 bits per heavy atom. The first kappa shape index (κ1) is 14.9. The number of hydrogen-bond donors (Lipinski definition) is 2. The molecule has 1 fully saturated rings. The Balaban J connectivity index is 1.88. The second kappa shape index (κ2) is 6.75. The highest BCUT2D eigenvalue weighted by Gasteiger charge is 2.24. The van der Waals surface area contributed by atoms with Crippen molar-refractivity contribution in [1.29, 1.82) is 0 Å². The first-order valence-corrected chi connectivity index (χ1v) is 7.49. The number of carbonyl (C=O) groups is 1. The maximum Gasteiger partial charge on any atom is 0.227 e. The average molecular weight is 275 g/mol. The molecule has 110 valence electrons. The molecule has 3 N–H and O–H groups in total. The molecule has 4 nitrogen and oxygen atoms in total. The van der Waals surface area contributed by atoms with Crippen LogP contribution in [0.25, 0.3) is 0 Å². The van der Waals surface area contributed by atoms with Crippen LogP contribution in [0.1, 0.15) is 38.2 Å². The van der Waals surface area contributed by atoms with Crippen molar-refractivity contribution in [3.63, 3.8) is 0 Å². The second-order valence-electron chi connectivity index (χ2n) is 5.56. The molecular weight excluding hydrogens is 250 g/mol. The van der Waals surface area contributed by atoms with Crippen molar-refractivity contribution >= 4 is 11.6 Å². The van der Waals surface area contributed by atoms with Gasteiger partial charge in [0, 0.05) is 18.3 Å². The SMILES string of the molecule is CCN1CCCC1CNC(=O)C(C)c1cccc(N)c1. The third kappa shape index (κ3) is 3.51. The molecule has 1 aromatic carbocycles. The number of nitrogens with two attached hydrogens (primary N) is 1. The number of likely N-dealkylation sites (N-methyl/N-ethyl adjacent to an activating group) is 1. The normalized spacial score (nSPS) is 20.8. The zero-order valence-electron chi connectivity index (χ0n) is 12.4. The van der Waals surface area contributed by atoms with Gasteiger partial charge >= 0.3 is 0 Å². The molecule has 0 spiro atoms. The molecule has 1 aliphatic rings. The number of nitrogen functional groups attached to an aromatic ring is 1. The van der Waals surface area contributed by atoms with E-state index in [0.29, 0.717) is 11.7 Å². The lowest BCUT2D eigenvalue weighted by Gasteiger charge is -2.23. The van der Waals surface area contributed by atoms with Gasteiger partial charge in [0.05, 0.1) is 5.92 Å². The number of nitrogens with one attached hydrogen (secondary N) is 1. The molecule has 1 aromatic rings. The summed E-state index contributed by atoms with van der Waals surface area (Å²) >= 11 is 0. The molecule has 1 amide bonds. The molecule has 0 bridgehead atoms. The lowest BCUT2D eigenvalue weighted by atomic mass is 10.00. The van der Waals surface area contributed by atoms with E-state index in [1.54, 1.807) is 0 Å². The molecule has 1 saturated heterocycles. The Morgan fingerprint density at radius 1 is 1.55 bits per heavy atom. The van der Waals surface area contributed by atoms with Gasteiger partial charge in [-0.2, -0.15) is 0 Å². The summed E-state index contributed by atoms with van der Waals surface area (Å²) in [7, 11) is 0. The van der Waals surface area contributed by atoms with Crippen LogP contribution in [0, 0.1) is 0 Å². The summed E-state index contributed by atoms with van der Waals surface area (Å²) in [6.07, 6.45) is 2.42. The number of benzene rings is 1. The van der Waals surface area contributed by atoms with Gasteiger partial charge in [0.15, 0.2) is 0 Å². The molecule has 0 aliphatic carbocycles. The first-order valence-electron chi connectivity index (χ1n) is 7.49. The van der Waals surface area contributed by atoms with Gasteiger partial charge in [0.2, 0.25) is 5.91 Å². The fraction of sp³-hybridized carbons (Fsp3) is 0.562. The second-order valence-corrected chi connectivity index (χ2v) is 5.56. The number of carbonyl (C=O) groups excluding carboxylic acids is 1. The van der Waals surface area contributed by atoms with Crippen molar-refractivity contribution in [2.75, 3.05) is 25.4 Å². The molecule has 2 unspecified atom stereocenters. The Hall–Kier alpha value is -1.55. The number of amides is 1. The van der Waals surface area contributed by atoms with Gasteiger partial charge < -0.3 is 11.1 Å². The van der Waals surface area contributed by atoms with Gasteiger partial charge in [-0.15, -0.1) is 0 Å². The minimum atomic E-state index is -0.157. The molecule has 20 heavy (non-hydrogen) atoms. The van der Waals surface area contributed by atoms with Gasteiger partial charge in [0.25, 0.3) is 0 Å². The van der Waals surface area contributed by atoms with Gasteiger partial charge in [-0.3, -0.25) is 9.69 Å². The summed E-state index contributed by atoms with van der Waals surface area (Å²) in [4.78, 5) is 14.7. The highest BCUT2D eigenvalue weighted by atomic mass is 16.1. The summed E-state index contributed by atoms with van der Waals surface area (Å²) < 4.78 is 0. The van der Waals surface area contributed by atoms with E-state index >= 15 is 0 Å². The summed E-state index contributed by atoms with van der Waals surface area (Å²) in [6.45, 7) is 7.07. The summed E-state index contributed by atoms with van der Waals surface area (Å²) in [5, 5.41) is 3.09. The molecule has 2 rings (SSSR count). The predicted molar refractivity (Wildman–Crippen MR) is 82.5 cm³/mol. The van der Waals surface area contributed by atoms with E-state index in [-0.39, 0.29) is 11.8 Å². The lowest BCUT2D eigenvalue weighted by Crippen LogP contribution is -2.41. The van der Waals surface area contributed by atoms with Gasteiger partial charge in [-0.1, -0.05) is 19.1 Å². The zero-order valence-corrected chi connectivity index (χ0v) is 12.4. The van der Waals surface area contributed by atoms with Crippen molar-refractivity contribution in [3.05, 3.63) is 29.8 Å². The molecule has 0 saturated carbocycles. The van der Waals surface area contributed by atoms with Crippen LogP contribution in [-0.4, -0.2) is 36.5 Å². The van der Waals surface area contributed by atoms with Crippen molar-refractivity contribution in [2.24, 2.45) is 0 Å². The Morgan fingerprint density at radius 2 is 2.35 bits per heavy atom. The monoisotopic (exact) mass is 275 g/mol. The zero-order chi connectivity index (χ0) is 14.5. The number of likely N-dealkylation sites (tertiary alicyclic amines) is 1. The van der Waals surface area contributed by atoms with Crippen LogP contribution in [0.5, 0.6) is 0 Å². The third-order valence-electron chi connectivity index (χ3n) is 4.22. The minimum Gasteiger partial charge on any atom is -0.399 e. The van der Waals surface area contributed by atoms with Crippen molar-refractivity contribution in [2.45, 2.75) is 38.6 Å². The topological polar surface area (TPSA) is 58.4 Å². The Labute approximate surface area is 121 Å². The smallest absolute Gasteiger partial charge is 0.227 e. The van der Waals surface area contributed by atoms with Crippen LogP contribution in [0.4, 0.5) is 5.69 Å². The van der Waals surface area contributed by atoms with E-state index in [9.17, 15) is 4.79 Å². The predicted octanol–water partition coefficient (Wildman–Crippen LogP) is 1.97. The number of rotatable bonds is 5. The van der Waals surface area contributed by atoms with E-state index in [2.05, 4.69) is 17.1 Å². The highest BCUT2D eigenvalue weighted by Crippen LogP contribution is 2.19. The van der Waals surface area contributed by atoms with Crippen LogP contribution in [0.2, 0.25) is 0 Å². The van der Waals surface area contributed by atoms with E-state index in [0.717, 1.165) is 25.2 Å². The largest absolute Gasteiger partial charge is 0.399 e. The molecule has 4 heteroatoms. The molecule has 0 radical (unpaired) electrons. The van der Waals surface area contributed by atoms with Crippen LogP contribution in [-0.2, 0) is 4.79 Å². The van der Waals surface area contributed by atoms with E-state index < -0.39 is 0 Å². The molecular formula is C16H25N3O. The molecule has 0 aromatic heterocycles. The maximum absolute atomic E-state index is 12.2. The Kier molecular flexibility index (Phi) is 5.01. The van der Waals surface area contributed by atoms with Crippen molar-refractivity contribution < 1.29 is 4.79 Å². The van der Waals surface area contributed by atoms with Gasteiger partial charge in [0.1, 0.15) is 0 Å². The highest BCUT2D eigenvalue weighted by molar-refractivity contribution is 5.83. The molecule has 1 aliphatic heterocycles. The summed E-state index contributed by atoms with van der Waals surface area (Å²) in [5.74, 6) is -0.0754. The summed E-state index contributed by atoms with van der Waals surface area (Å²) in [5.41, 5.74) is 7.45. The average Bonchev–Trinajstić information content (AvgIpc) is 2.91. The van der Waals surface area contributed by atoms with Crippen molar-refractivity contribution in [1.82, 2.24) is 10.2 Å². The van der Waals surface area contributed by atoms with E-state index in [1.807, 2.05) is 31.2 Å². The van der Waals surface area contributed by atoms with Gasteiger partial charge in [-0.25, -0.2) is 0 Å². The summed E-state index contributed by atoms with van der Waals surface area (Å²) in [6, 6.07) is 8.06. The van der Waals surface area contributed by atoms with E-state index in [4.69, 9.17) is 5.73 Å². The maximum atomic E-state index is 12.2. The fourth-order valence-electron chi connectivity index (χ4n) is 2.89. The number of nitrogens with zero attached hydrogens (tertiary/aromatic N) is 1. The Bertz CT molecular complexity index is 461. The quantitative estimate of drug-likeness (QED) is 0.808.